The van der Waals surface area contributed by atoms with Crippen LogP contribution in [-0.2, 0) is 14.3 Å². The van der Waals surface area contributed by atoms with Gasteiger partial charge >= 0.3 is 11.9 Å². The molecule has 3 aromatic rings. The molecule has 1 aromatic carbocycles. The smallest absolute Gasteiger partial charge is 0.349 e. The van der Waals surface area contributed by atoms with Gasteiger partial charge in [-0.05, 0) is 25.1 Å². The van der Waals surface area contributed by atoms with E-state index >= 15 is 0 Å². The Bertz CT molecular complexity index is 841. The molecule has 0 bridgehead atoms. The van der Waals surface area contributed by atoms with Gasteiger partial charge in [0.05, 0.1) is 11.8 Å². The number of nitrogens with one attached hydrogen (secondary N) is 1. The molecule has 0 saturated heterocycles. The molecule has 0 radical (unpaired) electrons. The number of benzene rings is 1. The number of aromatic nitrogens is 1. The van der Waals surface area contributed by atoms with E-state index in [1.165, 1.54) is 36.7 Å². The minimum atomic E-state index is -0.939. The molecule has 24 heavy (non-hydrogen) atoms. The fourth-order valence-corrected chi connectivity index (χ4v) is 3.99. The summed E-state index contributed by atoms with van der Waals surface area (Å²) in [5.74, 6) is -1.14. The summed E-state index contributed by atoms with van der Waals surface area (Å²) in [5.41, 5.74) is 0.949. The van der Waals surface area contributed by atoms with E-state index in [1.54, 1.807) is 6.07 Å². The average Bonchev–Trinajstić information content (AvgIpc) is 3.13. The monoisotopic (exact) mass is 362 g/mol. The predicted molar refractivity (Wildman–Crippen MR) is 94.1 cm³/mol. The number of thiophene rings is 1. The quantitative estimate of drug-likeness (QED) is 0.695. The van der Waals surface area contributed by atoms with E-state index in [4.69, 9.17) is 4.74 Å². The fraction of sp³-hybridized carbons (Fsp3) is 0.188. The van der Waals surface area contributed by atoms with Crippen LogP contribution in [0.15, 0.2) is 36.4 Å². The number of anilines is 2. The molecule has 1 N–H and O–H groups in total. The van der Waals surface area contributed by atoms with Crippen molar-refractivity contribution < 1.29 is 19.1 Å². The lowest BCUT2D eigenvalue weighted by atomic mass is 10.3. The number of thiazole rings is 1. The standard InChI is InChI=1S/C16H14N2O4S2/c1-9(14(19)21-2)22-15(20)12-8-11-13(23-12)18-16(24-11)17-10-6-4-3-5-7-10/h3-9H,1-2H3,(H,17,18). The van der Waals surface area contributed by atoms with Gasteiger partial charge in [-0.2, -0.15) is 0 Å². The third-order valence-corrected chi connectivity index (χ3v) is 5.19. The zero-order valence-electron chi connectivity index (χ0n) is 12.9. The number of rotatable bonds is 5. The Morgan fingerprint density at radius 2 is 1.96 bits per heavy atom. The normalized spacial score (nSPS) is 11.9. The SMILES string of the molecule is COC(=O)C(C)OC(=O)c1cc2sc(Nc3ccccc3)nc2s1. The Hall–Kier alpha value is -2.45. The number of fused-ring (bicyclic) bond motifs is 1. The maximum atomic E-state index is 12.1. The predicted octanol–water partition coefficient (Wildman–Crippen LogP) is 3.82. The van der Waals surface area contributed by atoms with Gasteiger partial charge < -0.3 is 14.8 Å². The number of esters is 2. The summed E-state index contributed by atoms with van der Waals surface area (Å²) in [7, 11) is 1.25. The molecule has 0 aliphatic heterocycles. The van der Waals surface area contributed by atoms with Crippen molar-refractivity contribution in [1.82, 2.24) is 4.98 Å². The first-order chi connectivity index (χ1) is 11.6. The van der Waals surface area contributed by atoms with Crippen molar-refractivity contribution in [3.05, 3.63) is 41.3 Å². The maximum Gasteiger partial charge on any atom is 0.349 e. The number of hydrogen-bond donors (Lipinski definition) is 1. The van der Waals surface area contributed by atoms with Gasteiger partial charge in [-0.15, -0.1) is 11.3 Å². The van der Waals surface area contributed by atoms with Crippen LogP contribution in [0.5, 0.6) is 0 Å². The van der Waals surface area contributed by atoms with Crippen LogP contribution in [0.4, 0.5) is 10.8 Å². The molecule has 0 amide bonds. The molecule has 3 rings (SSSR count). The molecule has 1 unspecified atom stereocenters. The molecule has 6 nitrogen and oxygen atoms in total. The van der Waals surface area contributed by atoms with E-state index in [0.29, 0.717) is 4.88 Å². The summed E-state index contributed by atoms with van der Waals surface area (Å²) >= 11 is 2.68. The van der Waals surface area contributed by atoms with Gasteiger partial charge in [-0.3, -0.25) is 0 Å². The fourth-order valence-electron chi connectivity index (χ4n) is 1.97. The number of carbonyl (C=O) groups excluding carboxylic acids is 2. The molecule has 0 fully saturated rings. The van der Waals surface area contributed by atoms with Crippen LogP contribution < -0.4 is 5.32 Å². The number of para-hydroxylation sites is 1. The Labute approximate surface area is 146 Å². The third-order valence-electron chi connectivity index (χ3n) is 3.13. The minimum Gasteiger partial charge on any atom is -0.466 e. The van der Waals surface area contributed by atoms with Crippen molar-refractivity contribution in [1.29, 1.82) is 0 Å². The highest BCUT2D eigenvalue weighted by Gasteiger charge is 2.21. The Kier molecular flexibility index (Phi) is 4.77. The molecule has 0 spiro atoms. The number of carbonyl (C=O) groups is 2. The van der Waals surface area contributed by atoms with E-state index < -0.39 is 18.0 Å². The summed E-state index contributed by atoms with van der Waals surface area (Å²) in [6.07, 6.45) is -0.939. The highest BCUT2D eigenvalue weighted by atomic mass is 32.1. The first-order valence-electron chi connectivity index (χ1n) is 7.08. The van der Waals surface area contributed by atoms with Gasteiger partial charge in [0.25, 0.3) is 0 Å². The van der Waals surface area contributed by atoms with Crippen LogP contribution >= 0.6 is 22.7 Å². The maximum absolute atomic E-state index is 12.1. The van der Waals surface area contributed by atoms with Crippen LogP contribution in [0.1, 0.15) is 16.6 Å². The molecule has 2 aromatic heterocycles. The average molecular weight is 362 g/mol. The zero-order valence-corrected chi connectivity index (χ0v) is 14.6. The largest absolute Gasteiger partial charge is 0.466 e. The van der Waals surface area contributed by atoms with Crippen LogP contribution in [-0.4, -0.2) is 30.1 Å². The lowest BCUT2D eigenvalue weighted by Crippen LogP contribution is -2.24. The molecule has 124 valence electrons. The van der Waals surface area contributed by atoms with Gasteiger partial charge in [-0.25, -0.2) is 14.6 Å². The third kappa shape index (κ3) is 3.55. The molecule has 0 saturated carbocycles. The van der Waals surface area contributed by atoms with Gasteiger partial charge in [0.2, 0.25) is 0 Å². The van der Waals surface area contributed by atoms with Crippen molar-refractivity contribution in [2.24, 2.45) is 0 Å². The Morgan fingerprint density at radius 3 is 2.62 bits per heavy atom. The van der Waals surface area contributed by atoms with E-state index in [1.807, 2.05) is 30.3 Å². The van der Waals surface area contributed by atoms with Crippen molar-refractivity contribution >= 4 is 55.0 Å². The number of nitrogens with zero attached hydrogens (tertiary/aromatic N) is 1. The zero-order chi connectivity index (χ0) is 17.1. The highest BCUT2D eigenvalue weighted by Crippen LogP contribution is 2.34. The topological polar surface area (TPSA) is 77.5 Å². The van der Waals surface area contributed by atoms with Gasteiger partial charge in [-0.1, -0.05) is 29.5 Å². The van der Waals surface area contributed by atoms with E-state index in [-0.39, 0.29) is 0 Å². The molecule has 0 aliphatic rings. The summed E-state index contributed by atoms with van der Waals surface area (Å²) in [6.45, 7) is 1.47. The summed E-state index contributed by atoms with van der Waals surface area (Å²) in [4.78, 5) is 29.0. The summed E-state index contributed by atoms with van der Waals surface area (Å²) in [5, 5.41) is 3.97. The van der Waals surface area contributed by atoms with Crippen LogP contribution in [0.3, 0.4) is 0 Å². The van der Waals surface area contributed by atoms with Crippen molar-refractivity contribution in [3.63, 3.8) is 0 Å². The molecule has 2 heterocycles. The molecular weight excluding hydrogens is 348 g/mol. The lowest BCUT2D eigenvalue weighted by Gasteiger charge is -2.09. The van der Waals surface area contributed by atoms with Crippen LogP contribution in [0.2, 0.25) is 0 Å². The van der Waals surface area contributed by atoms with Crippen LogP contribution in [0.25, 0.3) is 9.53 Å². The Balaban J connectivity index is 1.72. The van der Waals surface area contributed by atoms with Gasteiger partial charge in [0.1, 0.15) is 9.71 Å². The molecular formula is C16H14N2O4S2. The van der Waals surface area contributed by atoms with E-state index in [9.17, 15) is 9.59 Å². The second-order valence-electron chi connectivity index (χ2n) is 4.86. The van der Waals surface area contributed by atoms with Gasteiger partial charge in [0.15, 0.2) is 11.2 Å². The molecule has 1 atom stereocenters. The highest BCUT2D eigenvalue weighted by molar-refractivity contribution is 7.29. The first kappa shape index (κ1) is 16.4. The lowest BCUT2D eigenvalue weighted by molar-refractivity contribution is -0.149. The minimum absolute atomic E-state index is 0.408. The summed E-state index contributed by atoms with van der Waals surface area (Å²) in [6, 6.07) is 11.4. The van der Waals surface area contributed by atoms with E-state index in [2.05, 4.69) is 15.0 Å². The van der Waals surface area contributed by atoms with Crippen molar-refractivity contribution in [2.45, 2.75) is 13.0 Å². The molecule has 0 aliphatic carbocycles. The second-order valence-corrected chi connectivity index (χ2v) is 6.92. The number of hydrogen-bond acceptors (Lipinski definition) is 8. The first-order valence-corrected chi connectivity index (χ1v) is 8.71. The van der Waals surface area contributed by atoms with Crippen LogP contribution in [0, 0.1) is 0 Å². The second kappa shape index (κ2) is 6.98. The van der Waals surface area contributed by atoms with E-state index in [0.717, 1.165) is 20.3 Å². The summed E-state index contributed by atoms with van der Waals surface area (Å²) < 4.78 is 10.5. The van der Waals surface area contributed by atoms with Crippen molar-refractivity contribution in [2.75, 3.05) is 12.4 Å². The molecule has 8 heteroatoms. The van der Waals surface area contributed by atoms with Crippen molar-refractivity contribution in [3.8, 4) is 0 Å². The van der Waals surface area contributed by atoms with Gasteiger partial charge in [0, 0.05) is 5.69 Å². The number of ether oxygens (including phenoxy) is 2. The number of methoxy groups -OCH3 is 1. The Morgan fingerprint density at radius 1 is 1.21 bits per heavy atom.